The number of nitrogens with one attached hydrogen (secondary N) is 1. The summed E-state index contributed by atoms with van der Waals surface area (Å²) in [6.45, 7) is 6.23. The number of nitrogens with zero attached hydrogens (tertiary/aromatic N) is 1. The predicted molar refractivity (Wildman–Crippen MR) is 59.6 cm³/mol. The molecule has 2 atom stereocenters. The Balaban J connectivity index is 2.51. The standard InChI is InChI=1S/C11H22N2O2/c1-8(2)5-13(4)11(14)9-6-15-7-10(9)12-3/h8-10,12H,5-7H2,1-4H3. The van der Waals surface area contributed by atoms with Crippen molar-refractivity contribution in [3.8, 4) is 0 Å². The van der Waals surface area contributed by atoms with Gasteiger partial charge in [0.1, 0.15) is 0 Å². The lowest BCUT2D eigenvalue weighted by atomic mass is 10.0. The van der Waals surface area contributed by atoms with Crippen LogP contribution in [0, 0.1) is 11.8 Å². The molecule has 1 aliphatic rings. The molecule has 0 saturated carbocycles. The van der Waals surface area contributed by atoms with Gasteiger partial charge in [-0.25, -0.2) is 0 Å². The second-order valence-electron chi connectivity index (χ2n) is 4.65. The first-order chi connectivity index (χ1) is 7.06. The van der Waals surface area contributed by atoms with E-state index >= 15 is 0 Å². The first-order valence-electron chi connectivity index (χ1n) is 5.56. The molecule has 0 aromatic heterocycles. The third-order valence-electron chi connectivity index (χ3n) is 2.78. The van der Waals surface area contributed by atoms with E-state index in [2.05, 4.69) is 19.2 Å². The van der Waals surface area contributed by atoms with E-state index in [4.69, 9.17) is 4.74 Å². The van der Waals surface area contributed by atoms with Gasteiger partial charge in [0, 0.05) is 19.6 Å². The van der Waals surface area contributed by atoms with E-state index in [9.17, 15) is 4.79 Å². The van der Waals surface area contributed by atoms with Crippen LogP contribution < -0.4 is 5.32 Å². The van der Waals surface area contributed by atoms with Crippen molar-refractivity contribution < 1.29 is 9.53 Å². The number of hydrogen-bond acceptors (Lipinski definition) is 3. The van der Waals surface area contributed by atoms with Gasteiger partial charge in [-0.2, -0.15) is 0 Å². The molecule has 0 aliphatic carbocycles. The third-order valence-corrected chi connectivity index (χ3v) is 2.78. The molecule has 0 aromatic rings. The summed E-state index contributed by atoms with van der Waals surface area (Å²) in [5, 5.41) is 3.13. The smallest absolute Gasteiger partial charge is 0.229 e. The molecule has 2 unspecified atom stereocenters. The molecule has 1 heterocycles. The Kier molecular flexibility index (Phi) is 4.54. The van der Waals surface area contributed by atoms with Gasteiger partial charge in [0.15, 0.2) is 0 Å². The van der Waals surface area contributed by atoms with E-state index < -0.39 is 0 Å². The normalized spacial score (nSPS) is 25.9. The molecule has 0 spiro atoms. The summed E-state index contributed by atoms with van der Waals surface area (Å²) >= 11 is 0. The largest absolute Gasteiger partial charge is 0.379 e. The van der Waals surface area contributed by atoms with Crippen molar-refractivity contribution in [2.75, 3.05) is 33.9 Å². The summed E-state index contributed by atoms with van der Waals surface area (Å²) in [4.78, 5) is 13.9. The Bertz CT molecular complexity index is 219. The van der Waals surface area contributed by atoms with E-state index in [1.807, 2.05) is 19.0 Å². The number of carbonyl (C=O) groups excluding carboxylic acids is 1. The summed E-state index contributed by atoms with van der Waals surface area (Å²) in [7, 11) is 3.75. The van der Waals surface area contributed by atoms with Crippen LogP contribution in [0.4, 0.5) is 0 Å². The van der Waals surface area contributed by atoms with Crippen LogP contribution in [0.2, 0.25) is 0 Å². The van der Waals surface area contributed by atoms with E-state index in [1.165, 1.54) is 0 Å². The van der Waals surface area contributed by atoms with Gasteiger partial charge in [0.2, 0.25) is 5.91 Å². The fourth-order valence-electron chi connectivity index (χ4n) is 2.00. The Morgan fingerprint density at radius 1 is 1.53 bits per heavy atom. The van der Waals surface area contributed by atoms with Gasteiger partial charge >= 0.3 is 0 Å². The second kappa shape index (κ2) is 5.47. The number of hydrogen-bond donors (Lipinski definition) is 1. The van der Waals surface area contributed by atoms with Crippen molar-refractivity contribution in [3.05, 3.63) is 0 Å². The molecule has 88 valence electrons. The van der Waals surface area contributed by atoms with Crippen LogP contribution in [0.3, 0.4) is 0 Å². The Morgan fingerprint density at radius 3 is 2.73 bits per heavy atom. The first-order valence-corrected chi connectivity index (χ1v) is 5.56. The fraction of sp³-hybridized carbons (Fsp3) is 0.909. The van der Waals surface area contributed by atoms with Crippen molar-refractivity contribution in [2.45, 2.75) is 19.9 Å². The highest BCUT2D eigenvalue weighted by Gasteiger charge is 2.34. The van der Waals surface area contributed by atoms with Crippen LogP contribution in [-0.4, -0.2) is 50.7 Å². The SMILES string of the molecule is CNC1COCC1C(=O)N(C)CC(C)C. The molecular formula is C11H22N2O2. The van der Waals surface area contributed by atoms with Crippen LogP contribution in [0.15, 0.2) is 0 Å². The number of carbonyl (C=O) groups is 1. The molecule has 0 radical (unpaired) electrons. The Hall–Kier alpha value is -0.610. The highest BCUT2D eigenvalue weighted by Crippen LogP contribution is 2.16. The van der Waals surface area contributed by atoms with Crippen LogP contribution >= 0.6 is 0 Å². The van der Waals surface area contributed by atoms with Crippen LogP contribution in [-0.2, 0) is 9.53 Å². The van der Waals surface area contributed by atoms with E-state index in [0.29, 0.717) is 19.1 Å². The summed E-state index contributed by atoms with van der Waals surface area (Å²) in [6.07, 6.45) is 0. The topological polar surface area (TPSA) is 41.6 Å². The third kappa shape index (κ3) is 3.18. The zero-order chi connectivity index (χ0) is 11.4. The minimum absolute atomic E-state index is 0.0150. The van der Waals surface area contributed by atoms with Crippen molar-refractivity contribution in [1.29, 1.82) is 0 Å². The minimum Gasteiger partial charge on any atom is -0.379 e. The van der Waals surface area contributed by atoms with E-state index in [-0.39, 0.29) is 17.9 Å². The molecule has 0 aromatic carbocycles. The molecule has 15 heavy (non-hydrogen) atoms. The second-order valence-corrected chi connectivity index (χ2v) is 4.65. The van der Waals surface area contributed by atoms with Gasteiger partial charge in [-0.05, 0) is 13.0 Å². The van der Waals surface area contributed by atoms with Gasteiger partial charge in [-0.1, -0.05) is 13.8 Å². The monoisotopic (exact) mass is 214 g/mol. The van der Waals surface area contributed by atoms with Crippen LogP contribution in [0.1, 0.15) is 13.8 Å². The van der Waals surface area contributed by atoms with Crippen LogP contribution in [0.5, 0.6) is 0 Å². The molecule has 1 fully saturated rings. The minimum atomic E-state index is -0.0150. The molecule has 1 rings (SSSR count). The quantitative estimate of drug-likeness (QED) is 0.733. The first kappa shape index (κ1) is 12.5. The molecular weight excluding hydrogens is 192 g/mol. The molecule has 4 heteroatoms. The molecule has 1 amide bonds. The average molecular weight is 214 g/mol. The Morgan fingerprint density at radius 2 is 2.20 bits per heavy atom. The average Bonchev–Trinajstić information content (AvgIpc) is 2.62. The lowest BCUT2D eigenvalue weighted by Crippen LogP contribution is -2.44. The summed E-state index contributed by atoms with van der Waals surface area (Å²) in [5.41, 5.74) is 0. The number of rotatable bonds is 4. The van der Waals surface area contributed by atoms with Gasteiger partial charge in [-0.15, -0.1) is 0 Å². The maximum Gasteiger partial charge on any atom is 0.229 e. The lowest BCUT2D eigenvalue weighted by molar-refractivity contribution is -0.135. The van der Waals surface area contributed by atoms with Crippen molar-refractivity contribution >= 4 is 5.91 Å². The van der Waals surface area contributed by atoms with Gasteiger partial charge in [0.05, 0.1) is 19.1 Å². The summed E-state index contributed by atoms with van der Waals surface area (Å²) in [6, 6.07) is 0.173. The maximum absolute atomic E-state index is 12.1. The molecule has 4 nitrogen and oxygen atoms in total. The van der Waals surface area contributed by atoms with Gasteiger partial charge in [-0.3, -0.25) is 4.79 Å². The number of amides is 1. The molecule has 0 bridgehead atoms. The highest BCUT2D eigenvalue weighted by molar-refractivity contribution is 5.79. The Labute approximate surface area is 92.0 Å². The zero-order valence-corrected chi connectivity index (χ0v) is 10.1. The predicted octanol–water partition coefficient (Wildman–Crippen LogP) is 0.335. The van der Waals surface area contributed by atoms with Crippen molar-refractivity contribution in [3.63, 3.8) is 0 Å². The molecule has 1 saturated heterocycles. The van der Waals surface area contributed by atoms with Crippen molar-refractivity contribution in [1.82, 2.24) is 10.2 Å². The number of likely N-dealkylation sites (N-methyl/N-ethyl adjacent to an activating group) is 1. The van der Waals surface area contributed by atoms with Gasteiger partial charge in [0.25, 0.3) is 0 Å². The van der Waals surface area contributed by atoms with Crippen LogP contribution in [0.25, 0.3) is 0 Å². The highest BCUT2D eigenvalue weighted by atomic mass is 16.5. The molecule has 1 aliphatic heterocycles. The summed E-state index contributed by atoms with van der Waals surface area (Å²) < 4.78 is 5.33. The number of ether oxygens (including phenoxy) is 1. The molecule has 1 N–H and O–H groups in total. The maximum atomic E-state index is 12.1. The fourth-order valence-corrected chi connectivity index (χ4v) is 2.00. The van der Waals surface area contributed by atoms with Crippen molar-refractivity contribution in [2.24, 2.45) is 11.8 Å². The van der Waals surface area contributed by atoms with E-state index in [0.717, 1.165) is 6.54 Å². The lowest BCUT2D eigenvalue weighted by Gasteiger charge is -2.25. The summed E-state index contributed by atoms with van der Waals surface area (Å²) in [5.74, 6) is 0.689. The van der Waals surface area contributed by atoms with E-state index in [1.54, 1.807) is 0 Å². The van der Waals surface area contributed by atoms with Gasteiger partial charge < -0.3 is 15.0 Å². The zero-order valence-electron chi connectivity index (χ0n) is 10.1.